The third-order valence-electron chi connectivity index (χ3n) is 3.91. The molecule has 0 saturated heterocycles. The molecule has 5 nitrogen and oxygen atoms in total. The minimum absolute atomic E-state index is 0.300. The van der Waals surface area contributed by atoms with Crippen molar-refractivity contribution >= 4 is 32.7 Å². The molecule has 0 heterocycles. The Balaban J connectivity index is 1.93. The van der Waals surface area contributed by atoms with Gasteiger partial charge in [0.1, 0.15) is 5.75 Å². The van der Waals surface area contributed by atoms with Crippen molar-refractivity contribution in [1.82, 2.24) is 0 Å². The van der Waals surface area contributed by atoms with E-state index in [-0.39, 0.29) is 0 Å². The van der Waals surface area contributed by atoms with Crippen molar-refractivity contribution < 1.29 is 23.7 Å². The third kappa shape index (κ3) is 3.46. The van der Waals surface area contributed by atoms with E-state index >= 15 is 0 Å². The molecule has 26 heavy (non-hydrogen) atoms. The maximum atomic E-state index is 12.6. The summed E-state index contributed by atoms with van der Waals surface area (Å²) in [5.41, 5.74) is 0.300. The van der Waals surface area contributed by atoms with Gasteiger partial charge in [0, 0.05) is 4.47 Å². The molecule has 0 aliphatic rings. The second-order valence-corrected chi connectivity index (χ2v) is 6.28. The zero-order chi connectivity index (χ0) is 18.7. The summed E-state index contributed by atoms with van der Waals surface area (Å²) in [6, 6.07) is 14.4. The van der Waals surface area contributed by atoms with Crippen LogP contribution in [0.1, 0.15) is 10.4 Å². The van der Waals surface area contributed by atoms with Crippen LogP contribution in [0.25, 0.3) is 10.8 Å². The first-order valence-electron chi connectivity index (χ1n) is 7.78. The molecule has 3 rings (SSSR count). The van der Waals surface area contributed by atoms with Crippen LogP contribution in [0, 0.1) is 0 Å². The van der Waals surface area contributed by atoms with Crippen molar-refractivity contribution in [3.63, 3.8) is 0 Å². The summed E-state index contributed by atoms with van der Waals surface area (Å²) in [5, 5.41) is 2.01. The van der Waals surface area contributed by atoms with E-state index in [1.54, 1.807) is 18.2 Å². The van der Waals surface area contributed by atoms with E-state index in [0.717, 1.165) is 15.2 Å². The average Bonchev–Trinajstić information content (AvgIpc) is 2.66. The van der Waals surface area contributed by atoms with Crippen molar-refractivity contribution in [2.75, 3.05) is 21.3 Å². The van der Waals surface area contributed by atoms with Crippen molar-refractivity contribution in [3.05, 3.63) is 58.6 Å². The summed E-state index contributed by atoms with van der Waals surface area (Å²) >= 11 is 3.51. The Kier molecular flexibility index (Phi) is 5.32. The summed E-state index contributed by atoms with van der Waals surface area (Å²) in [4.78, 5) is 12.6. The van der Waals surface area contributed by atoms with Gasteiger partial charge in [-0.1, -0.05) is 28.1 Å². The fraction of sp³-hybridized carbons (Fsp3) is 0.150. The van der Waals surface area contributed by atoms with Crippen molar-refractivity contribution in [1.29, 1.82) is 0 Å². The first-order valence-corrected chi connectivity index (χ1v) is 8.57. The number of fused-ring (bicyclic) bond motifs is 1. The number of ether oxygens (including phenoxy) is 4. The second kappa shape index (κ2) is 7.66. The first-order chi connectivity index (χ1) is 12.6. The molecule has 0 bridgehead atoms. The molecule has 0 unspecified atom stereocenters. The lowest BCUT2D eigenvalue weighted by Crippen LogP contribution is -2.09. The van der Waals surface area contributed by atoms with Gasteiger partial charge in [-0.2, -0.15) is 0 Å². The number of carbonyl (C=O) groups excluding carboxylic acids is 1. The molecule has 134 valence electrons. The van der Waals surface area contributed by atoms with Gasteiger partial charge in [-0.25, -0.2) is 4.79 Å². The number of hydrogen-bond donors (Lipinski definition) is 0. The molecule has 0 aliphatic heterocycles. The molecule has 0 radical (unpaired) electrons. The number of esters is 1. The largest absolute Gasteiger partial charge is 0.493 e. The van der Waals surface area contributed by atoms with Crippen LogP contribution in [0.4, 0.5) is 0 Å². The zero-order valence-electron chi connectivity index (χ0n) is 14.5. The Bertz CT molecular complexity index is 943. The maximum absolute atomic E-state index is 12.6. The standard InChI is InChI=1S/C20H17BrO5/c1-23-17-10-13(11-18(24-2)19(17)25-3)20(22)26-14-7-8-15-12(9-14)5-4-6-16(15)21/h4-11H,1-3H3. The Labute approximate surface area is 159 Å². The molecule has 6 heteroatoms. The van der Waals surface area contributed by atoms with Crippen LogP contribution < -0.4 is 18.9 Å². The molecule has 0 amide bonds. The van der Waals surface area contributed by atoms with Crippen LogP contribution in [0.5, 0.6) is 23.0 Å². The molecule has 3 aromatic rings. The summed E-state index contributed by atoms with van der Waals surface area (Å²) in [6.07, 6.45) is 0. The Morgan fingerprint density at radius 1 is 0.885 bits per heavy atom. The second-order valence-electron chi connectivity index (χ2n) is 5.43. The lowest BCUT2D eigenvalue weighted by atomic mass is 10.1. The monoisotopic (exact) mass is 416 g/mol. The minimum atomic E-state index is -0.515. The predicted octanol–water partition coefficient (Wildman–Crippen LogP) is 4.85. The molecule has 3 aromatic carbocycles. The third-order valence-corrected chi connectivity index (χ3v) is 4.60. The van der Waals surface area contributed by atoms with Crippen LogP contribution in [0.2, 0.25) is 0 Å². The highest BCUT2D eigenvalue weighted by Crippen LogP contribution is 2.38. The van der Waals surface area contributed by atoms with Crippen LogP contribution in [-0.4, -0.2) is 27.3 Å². The van der Waals surface area contributed by atoms with Crippen LogP contribution in [0.15, 0.2) is 53.0 Å². The quantitative estimate of drug-likeness (QED) is 0.439. The van der Waals surface area contributed by atoms with E-state index in [1.165, 1.54) is 21.3 Å². The van der Waals surface area contributed by atoms with Gasteiger partial charge in [-0.3, -0.25) is 0 Å². The highest BCUT2D eigenvalue weighted by Gasteiger charge is 2.18. The van der Waals surface area contributed by atoms with Crippen molar-refractivity contribution in [2.24, 2.45) is 0 Å². The van der Waals surface area contributed by atoms with Gasteiger partial charge in [0.05, 0.1) is 26.9 Å². The molecular formula is C20H17BrO5. The van der Waals surface area contributed by atoms with Gasteiger partial charge in [-0.15, -0.1) is 0 Å². The van der Waals surface area contributed by atoms with E-state index in [1.807, 2.05) is 30.3 Å². The molecule has 0 aromatic heterocycles. The van der Waals surface area contributed by atoms with E-state index in [2.05, 4.69) is 15.9 Å². The van der Waals surface area contributed by atoms with Gasteiger partial charge in [0.2, 0.25) is 5.75 Å². The fourth-order valence-corrected chi connectivity index (χ4v) is 3.16. The maximum Gasteiger partial charge on any atom is 0.343 e. The summed E-state index contributed by atoms with van der Waals surface area (Å²) in [7, 11) is 4.49. The van der Waals surface area contributed by atoms with E-state index < -0.39 is 5.97 Å². The van der Waals surface area contributed by atoms with E-state index in [9.17, 15) is 4.79 Å². The van der Waals surface area contributed by atoms with Crippen molar-refractivity contribution in [3.8, 4) is 23.0 Å². The molecule has 0 aliphatic carbocycles. The Morgan fingerprint density at radius 2 is 1.58 bits per heavy atom. The number of benzene rings is 3. The summed E-state index contributed by atoms with van der Waals surface area (Å²) < 4.78 is 22.3. The lowest BCUT2D eigenvalue weighted by Gasteiger charge is -2.14. The van der Waals surface area contributed by atoms with Crippen molar-refractivity contribution in [2.45, 2.75) is 0 Å². The van der Waals surface area contributed by atoms with E-state index in [0.29, 0.717) is 28.6 Å². The molecule has 0 fully saturated rings. The number of rotatable bonds is 5. The normalized spacial score (nSPS) is 10.5. The fourth-order valence-electron chi connectivity index (χ4n) is 2.65. The molecule has 0 atom stereocenters. The van der Waals surface area contributed by atoms with E-state index in [4.69, 9.17) is 18.9 Å². The van der Waals surface area contributed by atoms with Gasteiger partial charge in [0.25, 0.3) is 0 Å². The molecular weight excluding hydrogens is 400 g/mol. The zero-order valence-corrected chi connectivity index (χ0v) is 16.1. The molecule has 0 spiro atoms. The molecule has 0 N–H and O–H groups in total. The van der Waals surface area contributed by atoms with Gasteiger partial charge in [-0.05, 0) is 47.2 Å². The Morgan fingerprint density at radius 3 is 2.19 bits per heavy atom. The number of halogens is 1. The topological polar surface area (TPSA) is 54.0 Å². The SMILES string of the molecule is COc1cc(C(=O)Oc2ccc3c(Br)cccc3c2)cc(OC)c1OC. The summed E-state index contributed by atoms with van der Waals surface area (Å²) in [5.74, 6) is 1.14. The highest BCUT2D eigenvalue weighted by atomic mass is 79.9. The lowest BCUT2D eigenvalue weighted by molar-refractivity contribution is 0.0734. The van der Waals surface area contributed by atoms with Gasteiger partial charge < -0.3 is 18.9 Å². The average molecular weight is 417 g/mol. The molecule has 0 saturated carbocycles. The Hall–Kier alpha value is -2.73. The van der Waals surface area contributed by atoms with Crippen LogP contribution >= 0.6 is 15.9 Å². The number of methoxy groups -OCH3 is 3. The van der Waals surface area contributed by atoms with Gasteiger partial charge >= 0.3 is 5.97 Å². The van der Waals surface area contributed by atoms with Gasteiger partial charge in [0.15, 0.2) is 11.5 Å². The van der Waals surface area contributed by atoms with Crippen LogP contribution in [0.3, 0.4) is 0 Å². The minimum Gasteiger partial charge on any atom is -0.493 e. The smallest absolute Gasteiger partial charge is 0.343 e. The first kappa shape index (κ1) is 18.1. The highest BCUT2D eigenvalue weighted by molar-refractivity contribution is 9.10. The van der Waals surface area contributed by atoms with Crippen LogP contribution in [-0.2, 0) is 0 Å². The number of carbonyl (C=O) groups is 1. The summed E-state index contributed by atoms with van der Waals surface area (Å²) in [6.45, 7) is 0. The predicted molar refractivity (Wildman–Crippen MR) is 103 cm³/mol. The number of hydrogen-bond acceptors (Lipinski definition) is 5.